The number of nitrogens with two attached hydrogens (primary N) is 1. The summed E-state index contributed by atoms with van der Waals surface area (Å²) >= 11 is 5.81. The summed E-state index contributed by atoms with van der Waals surface area (Å²) in [7, 11) is 0. The molecule has 21 heavy (non-hydrogen) atoms. The molecule has 0 aromatic heterocycles. The third-order valence-corrected chi connectivity index (χ3v) is 3.13. The standard InChI is InChI=1S/C15H15ClN2O3/c16-12-6-5-11(7-13(12)17)18-15(20)9-21-14-4-2-1-3-10(14)8-19/h1-7,19H,8-9,17H2,(H,18,20). The van der Waals surface area contributed by atoms with Gasteiger partial charge in [-0.15, -0.1) is 0 Å². The number of ether oxygens (including phenoxy) is 1. The molecule has 0 saturated carbocycles. The summed E-state index contributed by atoms with van der Waals surface area (Å²) in [6.07, 6.45) is 0. The first kappa shape index (κ1) is 15.2. The Hall–Kier alpha value is -2.24. The average Bonchev–Trinajstić information content (AvgIpc) is 2.49. The molecule has 110 valence electrons. The van der Waals surface area contributed by atoms with Gasteiger partial charge in [-0.2, -0.15) is 0 Å². The number of rotatable bonds is 5. The molecule has 0 saturated heterocycles. The van der Waals surface area contributed by atoms with Crippen molar-refractivity contribution in [3.63, 3.8) is 0 Å². The fraction of sp³-hybridized carbons (Fsp3) is 0.133. The smallest absolute Gasteiger partial charge is 0.262 e. The van der Waals surface area contributed by atoms with Gasteiger partial charge in [0.25, 0.3) is 5.91 Å². The monoisotopic (exact) mass is 306 g/mol. The first-order chi connectivity index (χ1) is 10.1. The van der Waals surface area contributed by atoms with E-state index in [9.17, 15) is 4.79 Å². The van der Waals surface area contributed by atoms with E-state index in [1.54, 1.807) is 42.5 Å². The number of benzene rings is 2. The highest BCUT2D eigenvalue weighted by atomic mass is 35.5. The number of hydrogen-bond acceptors (Lipinski definition) is 4. The van der Waals surface area contributed by atoms with Crippen LogP contribution in [0.5, 0.6) is 5.75 Å². The summed E-state index contributed by atoms with van der Waals surface area (Å²) in [6, 6.07) is 11.8. The highest BCUT2D eigenvalue weighted by molar-refractivity contribution is 6.33. The van der Waals surface area contributed by atoms with Crippen LogP contribution >= 0.6 is 11.6 Å². The fourth-order valence-corrected chi connectivity index (χ4v) is 1.85. The van der Waals surface area contributed by atoms with Crippen LogP contribution in [0.3, 0.4) is 0 Å². The van der Waals surface area contributed by atoms with E-state index in [4.69, 9.17) is 27.2 Å². The molecule has 2 aromatic rings. The van der Waals surface area contributed by atoms with Crippen LogP contribution < -0.4 is 15.8 Å². The van der Waals surface area contributed by atoms with Crippen LogP contribution in [0.25, 0.3) is 0 Å². The Morgan fingerprint density at radius 1 is 1.29 bits per heavy atom. The number of carbonyl (C=O) groups is 1. The Balaban J connectivity index is 1.94. The van der Waals surface area contributed by atoms with E-state index in [-0.39, 0.29) is 19.1 Å². The van der Waals surface area contributed by atoms with E-state index < -0.39 is 0 Å². The molecule has 0 aliphatic rings. The molecule has 5 nitrogen and oxygen atoms in total. The lowest BCUT2D eigenvalue weighted by Crippen LogP contribution is -2.20. The van der Waals surface area contributed by atoms with Crippen LogP contribution in [-0.4, -0.2) is 17.6 Å². The number of amides is 1. The zero-order valence-electron chi connectivity index (χ0n) is 11.2. The van der Waals surface area contributed by atoms with Gasteiger partial charge in [0.05, 0.1) is 17.3 Å². The molecule has 4 N–H and O–H groups in total. The molecule has 0 spiro atoms. The Morgan fingerprint density at radius 3 is 2.76 bits per heavy atom. The minimum Gasteiger partial charge on any atom is -0.483 e. The van der Waals surface area contributed by atoms with Crippen molar-refractivity contribution in [2.24, 2.45) is 0 Å². The SMILES string of the molecule is Nc1cc(NC(=O)COc2ccccc2CO)ccc1Cl. The van der Waals surface area contributed by atoms with Crippen molar-refractivity contribution in [3.8, 4) is 5.75 Å². The van der Waals surface area contributed by atoms with Crippen molar-refractivity contribution in [1.29, 1.82) is 0 Å². The second-order valence-corrected chi connectivity index (χ2v) is 4.75. The van der Waals surface area contributed by atoms with Crippen LogP contribution in [0.15, 0.2) is 42.5 Å². The lowest BCUT2D eigenvalue weighted by atomic mass is 10.2. The normalized spacial score (nSPS) is 10.2. The molecule has 2 aromatic carbocycles. The molecule has 2 rings (SSSR count). The summed E-state index contributed by atoms with van der Waals surface area (Å²) in [5.41, 5.74) is 7.22. The summed E-state index contributed by atoms with van der Waals surface area (Å²) in [5, 5.41) is 12.3. The van der Waals surface area contributed by atoms with Gasteiger partial charge < -0.3 is 20.9 Å². The largest absolute Gasteiger partial charge is 0.483 e. The van der Waals surface area contributed by atoms with E-state index in [1.165, 1.54) is 0 Å². The number of nitrogens with one attached hydrogen (secondary N) is 1. The fourth-order valence-electron chi connectivity index (χ4n) is 1.74. The van der Waals surface area contributed by atoms with E-state index in [1.807, 2.05) is 0 Å². The van der Waals surface area contributed by atoms with Gasteiger partial charge in [0, 0.05) is 11.3 Å². The van der Waals surface area contributed by atoms with Crippen LogP contribution in [0, 0.1) is 0 Å². The predicted molar refractivity (Wildman–Crippen MR) is 82.4 cm³/mol. The third kappa shape index (κ3) is 4.11. The summed E-state index contributed by atoms with van der Waals surface area (Å²) in [5.74, 6) is 0.148. The second kappa shape index (κ2) is 6.97. The molecule has 0 radical (unpaired) electrons. The number of aliphatic hydroxyl groups excluding tert-OH is 1. The minimum atomic E-state index is -0.329. The maximum absolute atomic E-state index is 11.8. The van der Waals surface area contributed by atoms with Gasteiger partial charge in [-0.3, -0.25) is 4.79 Å². The molecule has 0 unspecified atom stereocenters. The average molecular weight is 307 g/mol. The van der Waals surface area contributed by atoms with Crippen LogP contribution in [0.2, 0.25) is 5.02 Å². The maximum atomic E-state index is 11.8. The number of halogens is 1. The highest BCUT2D eigenvalue weighted by Gasteiger charge is 2.07. The van der Waals surface area contributed by atoms with Gasteiger partial charge >= 0.3 is 0 Å². The van der Waals surface area contributed by atoms with Crippen molar-refractivity contribution >= 4 is 28.9 Å². The molecule has 6 heteroatoms. The Kier molecular flexibility index (Phi) is 5.03. The van der Waals surface area contributed by atoms with Crippen molar-refractivity contribution in [3.05, 3.63) is 53.1 Å². The quantitative estimate of drug-likeness (QED) is 0.741. The topological polar surface area (TPSA) is 84.6 Å². The number of anilines is 2. The zero-order valence-corrected chi connectivity index (χ0v) is 11.9. The van der Waals surface area contributed by atoms with E-state index in [2.05, 4.69) is 5.32 Å². The summed E-state index contributed by atoms with van der Waals surface area (Å²) in [4.78, 5) is 11.8. The highest BCUT2D eigenvalue weighted by Crippen LogP contribution is 2.22. The second-order valence-electron chi connectivity index (χ2n) is 4.34. The van der Waals surface area contributed by atoms with Gasteiger partial charge in [-0.05, 0) is 24.3 Å². The predicted octanol–water partition coefficient (Wildman–Crippen LogP) is 2.43. The van der Waals surface area contributed by atoms with Gasteiger partial charge in [-0.25, -0.2) is 0 Å². The van der Waals surface area contributed by atoms with Crippen LogP contribution in [-0.2, 0) is 11.4 Å². The van der Waals surface area contributed by atoms with Crippen molar-refractivity contribution < 1.29 is 14.6 Å². The molecule has 0 bridgehead atoms. The molecular formula is C15H15ClN2O3. The zero-order chi connectivity index (χ0) is 15.2. The minimum absolute atomic E-state index is 0.147. The van der Waals surface area contributed by atoms with E-state index in [0.29, 0.717) is 27.7 Å². The van der Waals surface area contributed by atoms with Crippen molar-refractivity contribution in [2.45, 2.75) is 6.61 Å². The molecule has 0 heterocycles. The van der Waals surface area contributed by atoms with Crippen molar-refractivity contribution in [1.82, 2.24) is 0 Å². The lowest BCUT2D eigenvalue weighted by molar-refractivity contribution is -0.118. The van der Waals surface area contributed by atoms with E-state index >= 15 is 0 Å². The Morgan fingerprint density at radius 2 is 2.05 bits per heavy atom. The molecule has 0 aliphatic carbocycles. The molecule has 0 fully saturated rings. The molecular weight excluding hydrogens is 292 g/mol. The van der Waals surface area contributed by atoms with Gasteiger partial charge in [0.1, 0.15) is 5.75 Å². The Labute approximate surface area is 127 Å². The number of aliphatic hydroxyl groups is 1. The van der Waals surface area contributed by atoms with Gasteiger partial charge in [-0.1, -0.05) is 29.8 Å². The number of nitrogen functional groups attached to an aromatic ring is 1. The summed E-state index contributed by atoms with van der Waals surface area (Å²) in [6.45, 7) is -0.314. The van der Waals surface area contributed by atoms with Crippen LogP contribution in [0.1, 0.15) is 5.56 Å². The van der Waals surface area contributed by atoms with E-state index in [0.717, 1.165) is 0 Å². The molecule has 1 amide bonds. The number of para-hydroxylation sites is 1. The molecule has 0 aliphatic heterocycles. The lowest BCUT2D eigenvalue weighted by Gasteiger charge is -2.10. The van der Waals surface area contributed by atoms with Crippen molar-refractivity contribution in [2.75, 3.05) is 17.7 Å². The van der Waals surface area contributed by atoms with Gasteiger partial charge in [0.2, 0.25) is 0 Å². The first-order valence-corrected chi connectivity index (χ1v) is 6.64. The maximum Gasteiger partial charge on any atom is 0.262 e. The van der Waals surface area contributed by atoms with Gasteiger partial charge in [0.15, 0.2) is 6.61 Å². The third-order valence-electron chi connectivity index (χ3n) is 2.78. The van der Waals surface area contributed by atoms with Crippen LogP contribution in [0.4, 0.5) is 11.4 Å². The summed E-state index contributed by atoms with van der Waals surface area (Å²) < 4.78 is 5.39. The first-order valence-electron chi connectivity index (χ1n) is 6.26. The molecule has 0 atom stereocenters. The number of hydrogen-bond donors (Lipinski definition) is 3. The Bertz CT molecular complexity index is 647. The number of carbonyl (C=O) groups excluding carboxylic acids is 1.